The number of fused-ring (bicyclic) bond motifs is 1. The zero-order chi connectivity index (χ0) is 12.4. The summed E-state index contributed by atoms with van der Waals surface area (Å²) >= 11 is 0. The SMILES string of the molecule is O=C1CCCN(c2ccccc2)c2ccccc21. The summed E-state index contributed by atoms with van der Waals surface area (Å²) in [5.74, 6) is 0.254. The van der Waals surface area contributed by atoms with Gasteiger partial charge in [-0.15, -0.1) is 0 Å². The molecule has 0 N–H and O–H groups in total. The van der Waals surface area contributed by atoms with Crippen LogP contribution < -0.4 is 4.90 Å². The average Bonchev–Trinajstić information content (AvgIpc) is 2.60. The lowest BCUT2D eigenvalue weighted by molar-refractivity contribution is 0.0984. The molecule has 0 unspecified atom stereocenters. The summed E-state index contributed by atoms with van der Waals surface area (Å²) in [5.41, 5.74) is 3.03. The smallest absolute Gasteiger partial charge is 0.165 e. The molecule has 0 saturated heterocycles. The molecule has 0 spiro atoms. The van der Waals surface area contributed by atoms with E-state index in [9.17, 15) is 4.79 Å². The van der Waals surface area contributed by atoms with E-state index in [0.29, 0.717) is 6.42 Å². The van der Waals surface area contributed by atoms with Crippen molar-refractivity contribution in [2.24, 2.45) is 0 Å². The first kappa shape index (κ1) is 11.0. The fourth-order valence-electron chi connectivity index (χ4n) is 2.47. The van der Waals surface area contributed by atoms with Gasteiger partial charge in [-0.05, 0) is 30.7 Å². The van der Waals surface area contributed by atoms with Crippen molar-refractivity contribution in [1.29, 1.82) is 0 Å². The van der Waals surface area contributed by atoms with Gasteiger partial charge >= 0.3 is 0 Å². The average molecular weight is 237 g/mol. The maximum atomic E-state index is 12.1. The van der Waals surface area contributed by atoms with Crippen LogP contribution in [0.15, 0.2) is 54.6 Å². The summed E-state index contributed by atoms with van der Waals surface area (Å²) in [6.07, 6.45) is 1.54. The highest BCUT2D eigenvalue weighted by molar-refractivity contribution is 6.02. The van der Waals surface area contributed by atoms with Crippen molar-refractivity contribution in [1.82, 2.24) is 0 Å². The number of hydrogen-bond donors (Lipinski definition) is 0. The number of Topliss-reactive ketones (excluding diaryl/α,β-unsaturated/α-hetero) is 1. The molecule has 18 heavy (non-hydrogen) atoms. The predicted molar refractivity (Wildman–Crippen MR) is 73.5 cm³/mol. The van der Waals surface area contributed by atoms with Crippen LogP contribution in [0.3, 0.4) is 0 Å². The van der Waals surface area contributed by atoms with Crippen molar-refractivity contribution in [3.63, 3.8) is 0 Å². The minimum absolute atomic E-state index is 0.254. The van der Waals surface area contributed by atoms with Crippen LogP contribution in [0.1, 0.15) is 23.2 Å². The van der Waals surface area contributed by atoms with E-state index in [-0.39, 0.29) is 5.78 Å². The van der Waals surface area contributed by atoms with Crippen LogP contribution in [0, 0.1) is 0 Å². The molecule has 0 aliphatic carbocycles. The van der Waals surface area contributed by atoms with Crippen molar-refractivity contribution in [2.75, 3.05) is 11.4 Å². The quantitative estimate of drug-likeness (QED) is 0.751. The van der Waals surface area contributed by atoms with Crippen LogP contribution in [-0.2, 0) is 0 Å². The fraction of sp³-hybridized carbons (Fsp3) is 0.188. The molecule has 2 aromatic rings. The van der Waals surface area contributed by atoms with Crippen molar-refractivity contribution in [3.05, 3.63) is 60.2 Å². The Bertz CT molecular complexity index is 562. The van der Waals surface area contributed by atoms with Crippen LogP contribution in [-0.4, -0.2) is 12.3 Å². The number of benzene rings is 2. The largest absolute Gasteiger partial charge is 0.341 e. The Hall–Kier alpha value is -2.09. The van der Waals surface area contributed by atoms with Crippen molar-refractivity contribution >= 4 is 17.2 Å². The Morgan fingerprint density at radius 3 is 2.44 bits per heavy atom. The third-order valence-corrected chi connectivity index (χ3v) is 3.35. The number of carbonyl (C=O) groups is 1. The lowest BCUT2D eigenvalue weighted by atomic mass is 10.1. The van der Waals surface area contributed by atoms with Crippen LogP contribution >= 0.6 is 0 Å². The van der Waals surface area contributed by atoms with E-state index in [1.165, 1.54) is 0 Å². The van der Waals surface area contributed by atoms with Gasteiger partial charge in [0.15, 0.2) is 5.78 Å². The Labute approximate surface area is 107 Å². The second kappa shape index (κ2) is 4.65. The molecule has 0 amide bonds. The molecule has 2 aromatic carbocycles. The first-order chi connectivity index (χ1) is 8.86. The normalized spacial score (nSPS) is 15.1. The molecular weight excluding hydrogens is 222 g/mol. The van der Waals surface area contributed by atoms with Gasteiger partial charge in [-0.2, -0.15) is 0 Å². The number of hydrogen-bond acceptors (Lipinski definition) is 2. The van der Waals surface area contributed by atoms with E-state index in [4.69, 9.17) is 0 Å². The lowest BCUT2D eigenvalue weighted by Crippen LogP contribution is -2.17. The molecule has 1 aliphatic rings. The van der Waals surface area contributed by atoms with Crippen LogP contribution in [0.4, 0.5) is 11.4 Å². The predicted octanol–water partition coefficient (Wildman–Crippen LogP) is 3.80. The Morgan fingerprint density at radius 1 is 0.889 bits per heavy atom. The second-order valence-corrected chi connectivity index (χ2v) is 4.53. The molecule has 0 fully saturated rings. The number of nitrogens with zero attached hydrogens (tertiary/aromatic N) is 1. The topological polar surface area (TPSA) is 20.3 Å². The molecule has 0 saturated carbocycles. The van der Waals surface area contributed by atoms with Crippen molar-refractivity contribution < 1.29 is 4.79 Å². The Morgan fingerprint density at radius 2 is 1.61 bits per heavy atom. The fourth-order valence-corrected chi connectivity index (χ4v) is 2.47. The molecule has 90 valence electrons. The van der Waals surface area contributed by atoms with E-state index in [2.05, 4.69) is 17.0 Å². The zero-order valence-corrected chi connectivity index (χ0v) is 10.2. The van der Waals surface area contributed by atoms with Gasteiger partial charge in [0.25, 0.3) is 0 Å². The summed E-state index contributed by atoms with van der Waals surface area (Å²) in [6, 6.07) is 18.1. The molecule has 1 heterocycles. The van der Waals surface area contributed by atoms with Gasteiger partial charge in [-0.3, -0.25) is 4.79 Å². The highest BCUT2D eigenvalue weighted by Gasteiger charge is 2.20. The van der Waals surface area contributed by atoms with Gasteiger partial charge in [0.2, 0.25) is 0 Å². The second-order valence-electron chi connectivity index (χ2n) is 4.53. The molecule has 3 rings (SSSR count). The molecule has 2 nitrogen and oxygen atoms in total. The summed E-state index contributed by atoms with van der Waals surface area (Å²) in [4.78, 5) is 14.3. The van der Waals surface area contributed by atoms with Crippen LogP contribution in [0.25, 0.3) is 0 Å². The monoisotopic (exact) mass is 237 g/mol. The Kier molecular flexibility index (Phi) is 2.85. The van der Waals surface area contributed by atoms with E-state index in [0.717, 1.165) is 29.9 Å². The van der Waals surface area contributed by atoms with Crippen molar-refractivity contribution in [3.8, 4) is 0 Å². The first-order valence-electron chi connectivity index (χ1n) is 6.31. The first-order valence-corrected chi connectivity index (χ1v) is 6.31. The van der Waals surface area contributed by atoms with Gasteiger partial charge < -0.3 is 4.90 Å². The summed E-state index contributed by atoms with van der Waals surface area (Å²) < 4.78 is 0. The molecule has 0 aromatic heterocycles. The van der Waals surface area contributed by atoms with Gasteiger partial charge in [0, 0.05) is 24.2 Å². The van der Waals surface area contributed by atoms with Crippen molar-refractivity contribution in [2.45, 2.75) is 12.8 Å². The van der Waals surface area contributed by atoms with Crippen LogP contribution in [0.2, 0.25) is 0 Å². The third-order valence-electron chi connectivity index (χ3n) is 3.35. The molecule has 0 atom stereocenters. The van der Waals surface area contributed by atoms with Gasteiger partial charge in [-0.25, -0.2) is 0 Å². The Balaban J connectivity index is 2.11. The number of para-hydroxylation sites is 2. The standard InChI is InChI=1S/C16H15NO/c18-16-11-6-12-17(13-7-2-1-3-8-13)15-10-5-4-9-14(15)16/h1-5,7-10H,6,11-12H2. The molecule has 0 radical (unpaired) electrons. The molecular formula is C16H15NO. The van der Waals surface area contributed by atoms with E-state index in [1.807, 2.05) is 42.5 Å². The molecule has 1 aliphatic heterocycles. The van der Waals surface area contributed by atoms with E-state index < -0.39 is 0 Å². The maximum absolute atomic E-state index is 12.1. The third kappa shape index (κ3) is 1.90. The van der Waals surface area contributed by atoms with Gasteiger partial charge in [-0.1, -0.05) is 30.3 Å². The molecule has 0 bridgehead atoms. The zero-order valence-electron chi connectivity index (χ0n) is 10.2. The minimum atomic E-state index is 0.254. The number of ketones is 1. The summed E-state index contributed by atoms with van der Waals surface area (Å²) in [5, 5.41) is 0. The number of rotatable bonds is 1. The van der Waals surface area contributed by atoms with Gasteiger partial charge in [0.1, 0.15) is 0 Å². The highest BCUT2D eigenvalue weighted by atomic mass is 16.1. The van der Waals surface area contributed by atoms with Crippen LogP contribution in [0.5, 0.6) is 0 Å². The number of carbonyl (C=O) groups excluding carboxylic acids is 1. The maximum Gasteiger partial charge on any atom is 0.165 e. The summed E-state index contributed by atoms with van der Waals surface area (Å²) in [6.45, 7) is 0.896. The summed E-state index contributed by atoms with van der Waals surface area (Å²) in [7, 11) is 0. The highest BCUT2D eigenvalue weighted by Crippen LogP contribution is 2.32. The number of anilines is 2. The van der Waals surface area contributed by atoms with E-state index in [1.54, 1.807) is 0 Å². The lowest BCUT2D eigenvalue weighted by Gasteiger charge is -2.24. The van der Waals surface area contributed by atoms with E-state index >= 15 is 0 Å². The minimum Gasteiger partial charge on any atom is -0.341 e. The molecule has 2 heteroatoms. The van der Waals surface area contributed by atoms with Gasteiger partial charge in [0.05, 0.1) is 5.69 Å².